The molecule has 0 radical (unpaired) electrons. The molecule has 1 heterocycles. The van der Waals surface area contributed by atoms with Crippen molar-refractivity contribution in [2.45, 2.75) is 26.1 Å². The van der Waals surface area contributed by atoms with E-state index in [0.29, 0.717) is 17.9 Å². The molecule has 1 N–H and O–H groups in total. The van der Waals surface area contributed by atoms with Crippen LogP contribution in [-0.4, -0.2) is 11.7 Å². The Morgan fingerprint density at radius 1 is 1.07 bits per heavy atom. The Hall–Kier alpha value is -3.55. The lowest BCUT2D eigenvalue weighted by molar-refractivity contribution is 0.415. The first kappa shape index (κ1) is 19.8. The van der Waals surface area contributed by atoms with Gasteiger partial charge >= 0.3 is 0 Å². The van der Waals surface area contributed by atoms with Gasteiger partial charge in [0.25, 0.3) is 5.56 Å². The number of hydrogen-bond donors (Lipinski definition) is 1. The van der Waals surface area contributed by atoms with Gasteiger partial charge in [-0.25, -0.2) is 0 Å². The van der Waals surface area contributed by atoms with Crippen molar-refractivity contribution in [1.29, 1.82) is 0 Å². The number of nitrogens with one attached hydrogen (secondary N) is 1. The minimum atomic E-state index is -0.0775. The van der Waals surface area contributed by atoms with E-state index in [1.165, 1.54) is 16.3 Å². The van der Waals surface area contributed by atoms with Gasteiger partial charge in [-0.05, 0) is 46.8 Å². The lowest BCUT2D eigenvalue weighted by Gasteiger charge is -2.18. The lowest BCUT2D eigenvalue weighted by atomic mass is 9.99. The van der Waals surface area contributed by atoms with Crippen LogP contribution in [0.1, 0.15) is 24.1 Å². The second-order valence-electron chi connectivity index (χ2n) is 7.36. The molecule has 4 aromatic rings. The van der Waals surface area contributed by atoms with E-state index in [2.05, 4.69) is 54.6 Å². The standard InChI is InChI=1S/C26H24N2O2/c1-4-14-28-25-16-22(30-3)13-12-20(25)15-21(26(28)29)17-27-18(2)23-11-7-9-19-8-5-6-10-24(19)23/h1,5-13,15-16,18,27H,14,17H2,2-3H3/t18-/m0/s1. The molecule has 150 valence electrons. The summed E-state index contributed by atoms with van der Waals surface area (Å²) in [6.45, 7) is 2.79. The van der Waals surface area contributed by atoms with Crippen molar-refractivity contribution in [1.82, 2.24) is 9.88 Å². The Kier molecular flexibility index (Phi) is 5.56. The molecule has 4 nitrogen and oxygen atoms in total. The SMILES string of the molecule is C#CCn1c(=O)c(CN[C@@H](C)c2cccc3ccccc23)cc2ccc(OC)cc21. The van der Waals surface area contributed by atoms with E-state index < -0.39 is 0 Å². The Morgan fingerprint density at radius 3 is 2.67 bits per heavy atom. The number of rotatable bonds is 6. The first-order valence-electron chi connectivity index (χ1n) is 9.97. The zero-order valence-electron chi connectivity index (χ0n) is 17.2. The quantitative estimate of drug-likeness (QED) is 0.483. The van der Waals surface area contributed by atoms with Crippen LogP contribution in [-0.2, 0) is 13.1 Å². The summed E-state index contributed by atoms with van der Waals surface area (Å²) < 4.78 is 6.95. The van der Waals surface area contributed by atoms with Gasteiger partial charge in [0, 0.05) is 24.2 Å². The Labute approximate surface area is 176 Å². The molecule has 0 saturated heterocycles. The third-order valence-corrected chi connectivity index (χ3v) is 5.52. The number of ether oxygens (including phenoxy) is 1. The molecule has 0 amide bonds. The number of pyridine rings is 1. The van der Waals surface area contributed by atoms with Gasteiger partial charge < -0.3 is 10.1 Å². The highest BCUT2D eigenvalue weighted by Gasteiger charge is 2.13. The molecule has 1 aromatic heterocycles. The number of nitrogens with zero attached hydrogens (tertiary/aromatic N) is 1. The fourth-order valence-corrected chi connectivity index (χ4v) is 3.91. The minimum absolute atomic E-state index is 0.0775. The van der Waals surface area contributed by atoms with E-state index in [0.717, 1.165) is 10.9 Å². The van der Waals surface area contributed by atoms with Crippen molar-refractivity contribution < 1.29 is 4.74 Å². The maximum Gasteiger partial charge on any atom is 0.256 e. The lowest BCUT2D eigenvalue weighted by Crippen LogP contribution is -2.28. The van der Waals surface area contributed by atoms with Crippen LogP contribution < -0.4 is 15.6 Å². The average molecular weight is 396 g/mol. The molecule has 4 rings (SSSR count). The Balaban J connectivity index is 1.67. The van der Waals surface area contributed by atoms with E-state index in [4.69, 9.17) is 11.2 Å². The highest BCUT2D eigenvalue weighted by Crippen LogP contribution is 2.25. The van der Waals surface area contributed by atoms with Crippen LogP contribution >= 0.6 is 0 Å². The van der Waals surface area contributed by atoms with Crippen LogP contribution in [0.15, 0.2) is 71.5 Å². The van der Waals surface area contributed by atoms with Gasteiger partial charge in [-0.2, -0.15) is 0 Å². The molecule has 1 atom stereocenters. The Bertz CT molecular complexity index is 1310. The first-order valence-corrected chi connectivity index (χ1v) is 9.97. The monoisotopic (exact) mass is 396 g/mol. The summed E-state index contributed by atoms with van der Waals surface area (Å²) in [4.78, 5) is 13.1. The topological polar surface area (TPSA) is 43.3 Å². The van der Waals surface area contributed by atoms with Crippen molar-refractivity contribution in [2.75, 3.05) is 7.11 Å². The molecule has 4 heteroatoms. The van der Waals surface area contributed by atoms with E-state index in [1.54, 1.807) is 11.7 Å². The zero-order chi connectivity index (χ0) is 21.1. The van der Waals surface area contributed by atoms with E-state index in [9.17, 15) is 4.79 Å². The molecular formula is C26H24N2O2. The van der Waals surface area contributed by atoms with Crippen molar-refractivity contribution in [3.05, 3.63) is 88.2 Å². The molecule has 0 spiro atoms. The molecule has 0 aliphatic carbocycles. The summed E-state index contributed by atoms with van der Waals surface area (Å²) >= 11 is 0. The van der Waals surface area contributed by atoms with Crippen LogP contribution in [0.3, 0.4) is 0 Å². The van der Waals surface area contributed by atoms with Gasteiger partial charge in [0.2, 0.25) is 0 Å². The summed E-state index contributed by atoms with van der Waals surface area (Å²) in [5.41, 5.74) is 2.60. The highest BCUT2D eigenvalue weighted by molar-refractivity contribution is 5.86. The van der Waals surface area contributed by atoms with Gasteiger partial charge in [0.1, 0.15) is 5.75 Å². The molecule has 0 aliphatic heterocycles. The molecule has 0 fully saturated rings. The van der Waals surface area contributed by atoms with Crippen LogP contribution in [0.5, 0.6) is 5.75 Å². The predicted molar refractivity (Wildman–Crippen MR) is 123 cm³/mol. The second-order valence-corrected chi connectivity index (χ2v) is 7.36. The van der Waals surface area contributed by atoms with Gasteiger partial charge in [-0.15, -0.1) is 6.42 Å². The number of aromatic nitrogens is 1. The van der Waals surface area contributed by atoms with Gasteiger partial charge in [-0.1, -0.05) is 48.4 Å². The third-order valence-electron chi connectivity index (χ3n) is 5.52. The number of methoxy groups -OCH3 is 1. The first-order chi connectivity index (χ1) is 14.6. The van der Waals surface area contributed by atoms with Crippen LogP contribution in [0.2, 0.25) is 0 Å². The number of benzene rings is 3. The summed E-state index contributed by atoms with van der Waals surface area (Å²) in [5, 5.41) is 6.90. The largest absolute Gasteiger partial charge is 0.497 e. The van der Waals surface area contributed by atoms with E-state index in [-0.39, 0.29) is 18.1 Å². The van der Waals surface area contributed by atoms with E-state index in [1.807, 2.05) is 30.3 Å². The predicted octanol–water partition coefficient (Wildman–Crippen LogP) is 4.65. The summed E-state index contributed by atoms with van der Waals surface area (Å²) in [7, 11) is 1.61. The molecule has 0 saturated carbocycles. The maximum atomic E-state index is 13.1. The van der Waals surface area contributed by atoms with Crippen LogP contribution in [0.4, 0.5) is 0 Å². The van der Waals surface area contributed by atoms with Crippen molar-refractivity contribution in [3.63, 3.8) is 0 Å². The molecular weight excluding hydrogens is 372 g/mol. The molecule has 0 aliphatic rings. The van der Waals surface area contributed by atoms with Gasteiger partial charge in [-0.3, -0.25) is 9.36 Å². The third kappa shape index (κ3) is 3.68. The molecule has 0 unspecified atom stereocenters. The number of fused-ring (bicyclic) bond motifs is 2. The normalized spacial score (nSPS) is 12.0. The summed E-state index contributed by atoms with van der Waals surface area (Å²) in [5.74, 6) is 3.29. The van der Waals surface area contributed by atoms with Gasteiger partial charge in [0.05, 0.1) is 19.2 Å². The second kappa shape index (κ2) is 8.44. The molecule has 0 bridgehead atoms. The van der Waals surface area contributed by atoms with Gasteiger partial charge in [0.15, 0.2) is 0 Å². The van der Waals surface area contributed by atoms with Crippen molar-refractivity contribution in [3.8, 4) is 18.1 Å². The Morgan fingerprint density at radius 2 is 1.87 bits per heavy atom. The number of hydrogen-bond acceptors (Lipinski definition) is 3. The summed E-state index contributed by atoms with van der Waals surface area (Å²) in [6.07, 6.45) is 5.54. The zero-order valence-corrected chi connectivity index (χ0v) is 17.2. The smallest absolute Gasteiger partial charge is 0.256 e. The maximum absolute atomic E-state index is 13.1. The fraction of sp³-hybridized carbons (Fsp3) is 0.192. The van der Waals surface area contributed by atoms with Crippen LogP contribution in [0, 0.1) is 12.3 Å². The fourth-order valence-electron chi connectivity index (χ4n) is 3.91. The van der Waals surface area contributed by atoms with Crippen molar-refractivity contribution in [2.24, 2.45) is 0 Å². The van der Waals surface area contributed by atoms with Crippen molar-refractivity contribution >= 4 is 21.7 Å². The molecule has 30 heavy (non-hydrogen) atoms. The molecule has 3 aromatic carbocycles. The van der Waals surface area contributed by atoms with Crippen LogP contribution in [0.25, 0.3) is 21.7 Å². The summed E-state index contributed by atoms with van der Waals surface area (Å²) in [6, 6.07) is 22.4. The number of terminal acetylenes is 1. The average Bonchev–Trinajstić information content (AvgIpc) is 2.79. The minimum Gasteiger partial charge on any atom is -0.497 e. The van der Waals surface area contributed by atoms with E-state index >= 15 is 0 Å². The highest BCUT2D eigenvalue weighted by atomic mass is 16.5.